The average Bonchev–Trinajstić information content (AvgIpc) is 2.94. The first kappa shape index (κ1) is 16.9. The van der Waals surface area contributed by atoms with E-state index in [9.17, 15) is 9.59 Å². The number of methoxy groups -OCH3 is 2. The van der Waals surface area contributed by atoms with Crippen LogP contribution in [0.15, 0.2) is 24.3 Å². The van der Waals surface area contributed by atoms with E-state index in [0.717, 1.165) is 5.56 Å². The van der Waals surface area contributed by atoms with Crippen molar-refractivity contribution >= 4 is 18.1 Å². The Hall–Kier alpha value is -2.50. The third kappa shape index (κ3) is 3.64. The Morgan fingerprint density at radius 1 is 1.30 bits per heavy atom. The standard InChI is InChI=1S/C17H21NO5/c1-11(2)13-10-23-17(20)18(13)16(19)8-6-12-5-7-14(21-3)15(9-12)22-4/h5-9,11,13H,10H2,1-4H3/b8-6+/t13-/m1/s1. The van der Waals surface area contributed by atoms with E-state index >= 15 is 0 Å². The molecule has 23 heavy (non-hydrogen) atoms. The van der Waals surface area contributed by atoms with Gasteiger partial charge in [0.15, 0.2) is 11.5 Å². The van der Waals surface area contributed by atoms with Gasteiger partial charge in [-0.1, -0.05) is 19.9 Å². The first-order valence-electron chi connectivity index (χ1n) is 7.38. The van der Waals surface area contributed by atoms with Crippen molar-refractivity contribution in [3.8, 4) is 11.5 Å². The van der Waals surface area contributed by atoms with Crippen LogP contribution in [0.3, 0.4) is 0 Å². The molecule has 1 aromatic carbocycles. The molecule has 1 heterocycles. The number of carbonyl (C=O) groups excluding carboxylic acids is 2. The van der Waals surface area contributed by atoms with E-state index < -0.39 is 6.09 Å². The molecule has 0 aliphatic carbocycles. The van der Waals surface area contributed by atoms with Crippen molar-refractivity contribution in [3.05, 3.63) is 29.8 Å². The number of nitrogens with zero attached hydrogens (tertiary/aromatic N) is 1. The van der Waals surface area contributed by atoms with Crippen molar-refractivity contribution in [2.75, 3.05) is 20.8 Å². The summed E-state index contributed by atoms with van der Waals surface area (Å²) in [5.74, 6) is 0.933. The van der Waals surface area contributed by atoms with E-state index in [1.54, 1.807) is 38.5 Å². The Balaban J connectivity index is 2.16. The lowest BCUT2D eigenvalue weighted by molar-refractivity contribution is -0.124. The fraction of sp³-hybridized carbons (Fsp3) is 0.412. The van der Waals surface area contributed by atoms with Gasteiger partial charge < -0.3 is 14.2 Å². The molecular formula is C17H21NO5. The third-order valence-corrected chi connectivity index (χ3v) is 3.74. The molecule has 0 radical (unpaired) electrons. The molecule has 124 valence electrons. The highest BCUT2D eigenvalue weighted by atomic mass is 16.6. The van der Waals surface area contributed by atoms with Gasteiger partial charge in [0, 0.05) is 6.08 Å². The van der Waals surface area contributed by atoms with Gasteiger partial charge in [0.25, 0.3) is 5.91 Å². The molecule has 0 bridgehead atoms. The lowest BCUT2D eigenvalue weighted by Crippen LogP contribution is -2.40. The Labute approximate surface area is 135 Å². The highest BCUT2D eigenvalue weighted by Gasteiger charge is 2.38. The zero-order valence-electron chi connectivity index (χ0n) is 13.7. The van der Waals surface area contributed by atoms with Crippen LogP contribution in [-0.2, 0) is 9.53 Å². The summed E-state index contributed by atoms with van der Waals surface area (Å²) in [6.07, 6.45) is 2.40. The van der Waals surface area contributed by atoms with Gasteiger partial charge in [0.1, 0.15) is 6.61 Å². The van der Waals surface area contributed by atoms with E-state index in [1.807, 2.05) is 13.8 Å². The Morgan fingerprint density at radius 2 is 2.00 bits per heavy atom. The minimum atomic E-state index is -0.592. The van der Waals surface area contributed by atoms with Gasteiger partial charge in [-0.3, -0.25) is 4.79 Å². The number of carbonyl (C=O) groups is 2. The minimum absolute atomic E-state index is 0.139. The smallest absolute Gasteiger partial charge is 0.417 e. The van der Waals surface area contributed by atoms with Gasteiger partial charge in [-0.2, -0.15) is 0 Å². The Kier molecular flexibility index (Phi) is 5.26. The molecule has 1 atom stereocenters. The number of ether oxygens (including phenoxy) is 3. The lowest BCUT2D eigenvalue weighted by Gasteiger charge is -2.21. The summed E-state index contributed by atoms with van der Waals surface area (Å²) in [5.41, 5.74) is 0.768. The first-order valence-corrected chi connectivity index (χ1v) is 7.38. The summed E-state index contributed by atoms with van der Waals surface area (Å²) in [7, 11) is 3.10. The minimum Gasteiger partial charge on any atom is -0.493 e. The van der Waals surface area contributed by atoms with Crippen molar-refractivity contribution in [1.29, 1.82) is 0 Å². The van der Waals surface area contributed by atoms with Gasteiger partial charge >= 0.3 is 6.09 Å². The third-order valence-electron chi connectivity index (χ3n) is 3.74. The molecule has 0 saturated carbocycles. The van der Waals surface area contributed by atoms with Crippen LogP contribution in [0.4, 0.5) is 4.79 Å². The van der Waals surface area contributed by atoms with Crippen LogP contribution in [0.2, 0.25) is 0 Å². The van der Waals surface area contributed by atoms with Crippen LogP contribution < -0.4 is 9.47 Å². The highest BCUT2D eigenvalue weighted by molar-refractivity contribution is 6.02. The topological polar surface area (TPSA) is 65.1 Å². The van der Waals surface area contributed by atoms with Crippen LogP contribution in [0, 0.1) is 5.92 Å². The van der Waals surface area contributed by atoms with Crippen molar-refractivity contribution in [2.24, 2.45) is 5.92 Å². The number of benzene rings is 1. The maximum absolute atomic E-state index is 12.3. The number of rotatable bonds is 5. The molecule has 6 heteroatoms. The summed E-state index contributed by atoms with van der Waals surface area (Å²) < 4.78 is 15.4. The highest BCUT2D eigenvalue weighted by Crippen LogP contribution is 2.28. The van der Waals surface area contributed by atoms with Gasteiger partial charge in [-0.25, -0.2) is 9.69 Å². The number of hydrogen-bond acceptors (Lipinski definition) is 5. The second kappa shape index (κ2) is 7.17. The average molecular weight is 319 g/mol. The molecule has 0 N–H and O–H groups in total. The monoisotopic (exact) mass is 319 g/mol. The van der Waals surface area contributed by atoms with E-state index in [4.69, 9.17) is 14.2 Å². The molecular weight excluding hydrogens is 298 g/mol. The summed E-state index contributed by atoms with van der Waals surface area (Å²) in [5, 5.41) is 0. The number of cyclic esters (lactones) is 1. The predicted molar refractivity (Wildman–Crippen MR) is 85.4 cm³/mol. The molecule has 1 aromatic rings. The first-order chi connectivity index (χ1) is 11.0. The summed E-state index contributed by atoms with van der Waals surface area (Å²) in [4.78, 5) is 25.2. The van der Waals surface area contributed by atoms with Gasteiger partial charge in [0.05, 0.1) is 20.3 Å². The van der Waals surface area contributed by atoms with E-state index in [2.05, 4.69) is 0 Å². The Bertz CT molecular complexity index is 623. The van der Waals surface area contributed by atoms with Crippen molar-refractivity contribution in [2.45, 2.75) is 19.9 Å². The zero-order valence-corrected chi connectivity index (χ0v) is 13.7. The van der Waals surface area contributed by atoms with Gasteiger partial charge in [-0.15, -0.1) is 0 Å². The number of amides is 2. The van der Waals surface area contributed by atoms with Gasteiger partial charge in [-0.05, 0) is 29.7 Å². The van der Waals surface area contributed by atoms with Crippen LogP contribution in [-0.4, -0.2) is 43.8 Å². The molecule has 2 amide bonds. The SMILES string of the molecule is COc1ccc(/C=C/C(=O)N2C(=O)OC[C@@H]2C(C)C)cc1OC. The molecule has 1 aliphatic rings. The van der Waals surface area contributed by atoms with Crippen molar-refractivity contribution in [1.82, 2.24) is 4.90 Å². The zero-order chi connectivity index (χ0) is 17.0. The van der Waals surface area contributed by atoms with Crippen LogP contribution >= 0.6 is 0 Å². The second-order valence-electron chi connectivity index (χ2n) is 5.54. The normalized spacial score (nSPS) is 17.7. The Morgan fingerprint density at radius 3 is 2.61 bits per heavy atom. The molecule has 6 nitrogen and oxygen atoms in total. The maximum Gasteiger partial charge on any atom is 0.417 e. The van der Waals surface area contributed by atoms with E-state index in [0.29, 0.717) is 11.5 Å². The fourth-order valence-corrected chi connectivity index (χ4v) is 2.38. The number of hydrogen-bond donors (Lipinski definition) is 0. The molecule has 1 fully saturated rings. The van der Waals surface area contributed by atoms with Gasteiger partial charge in [0.2, 0.25) is 0 Å². The second-order valence-corrected chi connectivity index (χ2v) is 5.54. The summed E-state index contributed by atoms with van der Waals surface area (Å²) in [6.45, 7) is 4.14. The summed E-state index contributed by atoms with van der Waals surface area (Å²) >= 11 is 0. The van der Waals surface area contributed by atoms with Crippen molar-refractivity contribution < 1.29 is 23.8 Å². The van der Waals surface area contributed by atoms with Crippen LogP contribution in [0.25, 0.3) is 6.08 Å². The fourth-order valence-electron chi connectivity index (χ4n) is 2.38. The molecule has 1 aliphatic heterocycles. The van der Waals surface area contributed by atoms with Crippen molar-refractivity contribution in [3.63, 3.8) is 0 Å². The van der Waals surface area contributed by atoms with Crippen LogP contribution in [0.5, 0.6) is 11.5 Å². The number of imide groups is 1. The largest absolute Gasteiger partial charge is 0.493 e. The molecule has 0 aromatic heterocycles. The molecule has 1 saturated heterocycles. The maximum atomic E-state index is 12.3. The molecule has 0 unspecified atom stereocenters. The lowest BCUT2D eigenvalue weighted by atomic mass is 10.0. The van der Waals surface area contributed by atoms with E-state index in [-0.39, 0.29) is 24.5 Å². The quantitative estimate of drug-likeness (QED) is 0.781. The molecule has 2 rings (SSSR count). The van der Waals surface area contributed by atoms with Crippen LogP contribution in [0.1, 0.15) is 19.4 Å². The molecule has 0 spiro atoms. The predicted octanol–water partition coefficient (Wildman–Crippen LogP) is 2.72. The van der Waals surface area contributed by atoms with E-state index in [1.165, 1.54) is 11.0 Å². The summed E-state index contributed by atoms with van der Waals surface area (Å²) in [6, 6.07) is 5.08.